The number of hydrogen-bond acceptors (Lipinski definition) is 3. The molecule has 18 heavy (non-hydrogen) atoms. The van der Waals surface area contributed by atoms with Gasteiger partial charge in [0.15, 0.2) is 0 Å². The van der Waals surface area contributed by atoms with Crippen LogP contribution in [0.15, 0.2) is 30.5 Å². The molecule has 2 aromatic rings. The Labute approximate surface area is 109 Å². The van der Waals surface area contributed by atoms with Gasteiger partial charge < -0.3 is 5.11 Å². The Kier molecular flexibility index (Phi) is 3.58. The van der Waals surface area contributed by atoms with Crippen molar-refractivity contribution in [3.05, 3.63) is 58.1 Å². The maximum Gasteiger partial charge on any atom is 0.339 e. The van der Waals surface area contributed by atoms with E-state index in [-0.39, 0.29) is 5.56 Å². The molecular weight excluding hydrogens is 252 g/mol. The number of carboxylic acids is 1. The van der Waals surface area contributed by atoms with Gasteiger partial charge in [-0.05, 0) is 24.6 Å². The summed E-state index contributed by atoms with van der Waals surface area (Å²) in [6.07, 6.45) is 1.90. The van der Waals surface area contributed by atoms with E-state index in [4.69, 9.17) is 16.7 Å². The Morgan fingerprint density at radius 1 is 1.33 bits per heavy atom. The van der Waals surface area contributed by atoms with Crippen molar-refractivity contribution in [1.29, 1.82) is 0 Å². The molecule has 5 heteroatoms. The van der Waals surface area contributed by atoms with Crippen LogP contribution < -0.4 is 0 Å². The number of aromatic nitrogens is 2. The van der Waals surface area contributed by atoms with Gasteiger partial charge in [-0.25, -0.2) is 14.8 Å². The Hall–Kier alpha value is -1.94. The van der Waals surface area contributed by atoms with Crippen LogP contribution in [0, 0.1) is 6.92 Å². The van der Waals surface area contributed by atoms with E-state index in [2.05, 4.69) is 9.97 Å². The van der Waals surface area contributed by atoms with Crippen molar-refractivity contribution in [2.24, 2.45) is 0 Å². The summed E-state index contributed by atoms with van der Waals surface area (Å²) in [5, 5.41) is 9.56. The molecule has 0 aliphatic carbocycles. The summed E-state index contributed by atoms with van der Waals surface area (Å²) in [6, 6.07) is 7.39. The zero-order valence-corrected chi connectivity index (χ0v) is 10.5. The van der Waals surface area contributed by atoms with Crippen LogP contribution in [-0.2, 0) is 6.42 Å². The lowest BCUT2D eigenvalue weighted by atomic mass is 10.1. The highest BCUT2D eigenvalue weighted by Crippen LogP contribution is 2.12. The number of carbonyl (C=O) groups is 1. The summed E-state index contributed by atoms with van der Waals surface area (Å²) in [5.74, 6) is -0.412. The van der Waals surface area contributed by atoms with E-state index in [1.165, 1.54) is 6.20 Å². The third kappa shape index (κ3) is 2.84. The highest BCUT2D eigenvalue weighted by Gasteiger charge is 2.10. The number of nitrogens with zero attached hydrogens (tertiary/aromatic N) is 2. The summed E-state index contributed by atoms with van der Waals surface area (Å²) in [4.78, 5) is 19.1. The minimum Gasteiger partial charge on any atom is -0.478 e. The van der Waals surface area contributed by atoms with Crippen LogP contribution >= 0.6 is 11.6 Å². The second kappa shape index (κ2) is 5.14. The minimum absolute atomic E-state index is 0.134. The predicted octanol–water partition coefficient (Wildman–Crippen LogP) is 2.73. The van der Waals surface area contributed by atoms with E-state index in [1.807, 2.05) is 12.1 Å². The van der Waals surface area contributed by atoms with Gasteiger partial charge in [-0.15, -0.1) is 0 Å². The van der Waals surface area contributed by atoms with E-state index in [1.54, 1.807) is 19.1 Å². The van der Waals surface area contributed by atoms with Crippen molar-refractivity contribution in [2.45, 2.75) is 13.3 Å². The minimum atomic E-state index is -1.01. The van der Waals surface area contributed by atoms with Crippen LogP contribution in [-0.4, -0.2) is 21.0 Å². The van der Waals surface area contributed by atoms with Crippen molar-refractivity contribution in [1.82, 2.24) is 9.97 Å². The SMILES string of the molecule is Cc1nc(Cc2ccc(Cl)cc2)ncc1C(=O)O. The summed E-state index contributed by atoms with van der Waals surface area (Å²) in [5.41, 5.74) is 1.64. The first-order valence-corrected chi connectivity index (χ1v) is 5.74. The predicted molar refractivity (Wildman–Crippen MR) is 68.0 cm³/mol. The zero-order valence-electron chi connectivity index (χ0n) is 9.72. The number of aryl methyl sites for hydroxylation is 1. The fourth-order valence-corrected chi connectivity index (χ4v) is 1.72. The first-order valence-electron chi connectivity index (χ1n) is 5.36. The summed E-state index contributed by atoms with van der Waals surface area (Å²) in [7, 11) is 0. The fourth-order valence-electron chi connectivity index (χ4n) is 1.60. The molecule has 0 spiro atoms. The van der Waals surface area contributed by atoms with Gasteiger partial charge >= 0.3 is 5.97 Å². The van der Waals surface area contributed by atoms with E-state index in [9.17, 15) is 4.79 Å². The number of hydrogen-bond donors (Lipinski definition) is 1. The second-order valence-corrected chi connectivity index (χ2v) is 4.33. The molecule has 0 aliphatic heterocycles. The van der Waals surface area contributed by atoms with Crippen molar-refractivity contribution < 1.29 is 9.90 Å². The van der Waals surface area contributed by atoms with Crippen LogP contribution in [0.4, 0.5) is 0 Å². The van der Waals surface area contributed by atoms with Crippen LogP contribution in [0.3, 0.4) is 0 Å². The Balaban J connectivity index is 2.22. The quantitative estimate of drug-likeness (QED) is 0.924. The van der Waals surface area contributed by atoms with Gasteiger partial charge in [-0.2, -0.15) is 0 Å². The molecule has 0 atom stereocenters. The number of rotatable bonds is 3. The molecule has 1 aromatic heterocycles. The molecule has 1 aromatic carbocycles. The molecule has 0 unspecified atom stereocenters. The smallest absolute Gasteiger partial charge is 0.339 e. The molecular formula is C13H11ClN2O2. The van der Waals surface area contributed by atoms with Crippen LogP contribution in [0.2, 0.25) is 5.02 Å². The number of benzene rings is 1. The molecule has 0 bridgehead atoms. The van der Waals surface area contributed by atoms with Crippen molar-refractivity contribution >= 4 is 17.6 Å². The average molecular weight is 263 g/mol. The summed E-state index contributed by atoms with van der Waals surface area (Å²) in [6.45, 7) is 1.66. The first-order chi connectivity index (χ1) is 8.56. The molecule has 0 aliphatic rings. The van der Waals surface area contributed by atoms with Crippen molar-refractivity contribution in [3.8, 4) is 0 Å². The lowest BCUT2D eigenvalue weighted by molar-refractivity contribution is 0.0695. The topological polar surface area (TPSA) is 63.1 Å². The number of carboxylic acid groups (broad SMARTS) is 1. The third-order valence-corrected chi connectivity index (χ3v) is 2.79. The highest BCUT2D eigenvalue weighted by molar-refractivity contribution is 6.30. The molecule has 0 saturated heterocycles. The fraction of sp³-hybridized carbons (Fsp3) is 0.154. The monoisotopic (exact) mass is 262 g/mol. The van der Waals surface area contributed by atoms with Gasteiger partial charge in [-0.1, -0.05) is 23.7 Å². The third-order valence-electron chi connectivity index (χ3n) is 2.54. The van der Waals surface area contributed by atoms with Gasteiger partial charge in [-0.3, -0.25) is 0 Å². The standard InChI is InChI=1S/C13H11ClN2O2/c1-8-11(13(17)18)7-15-12(16-8)6-9-2-4-10(14)5-3-9/h2-5,7H,6H2,1H3,(H,17,18). The van der Waals surface area contributed by atoms with E-state index < -0.39 is 5.97 Å². The molecule has 0 radical (unpaired) electrons. The zero-order chi connectivity index (χ0) is 13.1. The van der Waals surface area contributed by atoms with E-state index >= 15 is 0 Å². The van der Waals surface area contributed by atoms with Gasteiger partial charge in [0.05, 0.1) is 11.3 Å². The van der Waals surface area contributed by atoms with Crippen molar-refractivity contribution in [2.75, 3.05) is 0 Å². The molecule has 4 nitrogen and oxygen atoms in total. The largest absolute Gasteiger partial charge is 0.478 e. The molecule has 1 N–H and O–H groups in total. The molecule has 1 heterocycles. The average Bonchev–Trinajstić information content (AvgIpc) is 2.32. The molecule has 92 valence electrons. The number of aromatic carboxylic acids is 1. The van der Waals surface area contributed by atoms with E-state index in [0.29, 0.717) is 23.0 Å². The summed E-state index contributed by atoms with van der Waals surface area (Å²) >= 11 is 5.80. The molecule has 2 rings (SSSR count). The Bertz CT molecular complexity index is 582. The van der Waals surface area contributed by atoms with Gasteiger partial charge in [0, 0.05) is 17.6 Å². The van der Waals surface area contributed by atoms with Gasteiger partial charge in [0.25, 0.3) is 0 Å². The lowest BCUT2D eigenvalue weighted by Gasteiger charge is -2.04. The normalized spacial score (nSPS) is 10.3. The molecule has 0 fully saturated rings. The molecule has 0 saturated carbocycles. The maximum absolute atomic E-state index is 10.8. The first kappa shape index (κ1) is 12.5. The van der Waals surface area contributed by atoms with Crippen LogP contribution in [0.1, 0.15) is 27.4 Å². The van der Waals surface area contributed by atoms with Gasteiger partial charge in [0.1, 0.15) is 5.82 Å². The highest BCUT2D eigenvalue weighted by atomic mass is 35.5. The summed E-state index contributed by atoms with van der Waals surface area (Å²) < 4.78 is 0. The Morgan fingerprint density at radius 2 is 2.00 bits per heavy atom. The Morgan fingerprint density at radius 3 is 2.56 bits per heavy atom. The van der Waals surface area contributed by atoms with Crippen LogP contribution in [0.25, 0.3) is 0 Å². The van der Waals surface area contributed by atoms with Crippen molar-refractivity contribution in [3.63, 3.8) is 0 Å². The van der Waals surface area contributed by atoms with Gasteiger partial charge in [0.2, 0.25) is 0 Å². The maximum atomic E-state index is 10.8. The number of halogens is 1. The van der Waals surface area contributed by atoms with E-state index in [0.717, 1.165) is 5.56 Å². The lowest BCUT2D eigenvalue weighted by Crippen LogP contribution is -2.06. The second-order valence-electron chi connectivity index (χ2n) is 3.89. The molecule has 0 amide bonds. The van der Waals surface area contributed by atoms with Crippen LogP contribution in [0.5, 0.6) is 0 Å².